The number of nitrogens with two attached hydrogens (primary N) is 1. The molecule has 10 atom stereocenters. The van der Waals surface area contributed by atoms with Gasteiger partial charge in [-0.25, -0.2) is 28.6 Å². The SMILES string of the molecule is Nc1ncnc2c1ncn2[C@@H]1O[C@H](CO)[C@@H](O[C@H]2[C@H](O)[C@H](O)[C@@H](OP(=O)(O)O)[C@H](OP(=O)(O)O)[C@H]2O)[C@H]1OP(=O)(O)O. The Kier molecular flexibility index (Phi) is 9.59. The molecule has 2 aromatic heterocycles. The quantitative estimate of drug-likeness (QED) is 0.106. The summed E-state index contributed by atoms with van der Waals surface area (Å²) < 4.78 is 60.8. The number of phosphoric acid groups is 3. The van der Waals surface area contributed by atoms with E-state index in [1.807, 2.05) is 0 Å². The normalized spacial score (nSPS) is 34.7. The first kappa shape index (κ1) is 33.3. The highest BCUT2D eigenvalue weighted by atomic mass is 31.2. The molecule has 0 spiro atoms. The van der Waals surface area contributed by atoms with Crippen molar-refractivity contribution in [3.63, 3.8) is 0 Å². The van der Waals surface area contributed by atoms with Gasteiger partial charge in [-0.2, -0.15) is 0 Å². The van der Waals surface area contributed by atoms with Gasteiger partial charge in [0.15, 0.2) is 17.7 Å². The van der Waals surface area contributed by atoms with Crippen molar-refractivity contribution in [3.8, 4) is 0 Å². The number of aliphatic hydroxyl groups excluding tert-OH is 4. The molecule has 42 heavy (non-hydrogen) atoms. The van der Waals surface area contributed by atoms with Crippen molar-refractivity contribution in [1.29, 1.82) is 0 Å². The number of aliphatic hydroxyl groups is 4. The number of fused-ring (bicyclic) bond motifs is 1. The van der Waals surface area contributed by atoms with Crippen molar-refractivity contribution in [3.05, 3.63) is 12.7 Å². The van der Waals surface area contributed by atoms with E-state index in [1.54, 1.807) is 0 Å². The van der Waals surface area contributed by atoms with Gasteiger partial charge in [-0.3, -0.25) is 18.1 Å². The van der Waals surface area contributed by atoms with E-state index in [-0.39, 0.29) is 17.0 Å². The number of hydrogen-bond acceptors (Lipinski definition) is 16. The molecule has 1 aliphatic carbocycles. The predicted octanol–water partition coefficient (Wildman–Crippen LogP) is -4.42. The number of hydrogen-bond donors (Lipinski definition) is 11. The van der Waals surface area contributed by atoms with Crippen LogP contribution in [0.1, 0.15) is 6.23 Å². The number of nitrogen functional groups attached to an aromatic ring is 1. The van der Waals surface area contributed by atoms with E-state index in [4.69, 9.17) is 29.5 Å². The van der Waals surface area contributed by atoms with Gasteiger partial charge in [-0.15, -0.1) is 0 Å². The minimum Gasteiger partial charge on any atom is -0.394 e. The van der Waals surface area contributed by atoms with Crippen molar-refractivity contribution in [1.82, 2.24) is 19.5 Å². The topological polar surface area (TPSA) is 369 Å². The lowest BCUT2D eigenvalue weighted by Crippen LogP contribution is -2.66. The second kappa shape index (κ2) is 12.1. The van der Waals surface area contributed by atoms with Crippen LogP contribution < -0.4 is 5.73 Å². The average molecular weight is 669 g/mol. The third-order valence-electron chi connectivity index (χ3n) is 6.24. The maximum absolute atomic E-state index is 11.9. The number of rotatable bonds is 10. The number of aromatic nitrogens is 4. The summed E-state index contributed by atoms with van der Waals surface area (Å²) >= 11 is 0. The van der Waals surface area contributed by atoms with Gasteiger partial charge in [-0.1, -0.05) is 0 Å². The Bertz CT molecular complexity index is 1410. The van der Waals surface area contributed by atoms with Crippen molar-refractivity contribution < 1.29 is 86.5 Å². The lowest BCUT2D eigenvalue weighted by Gasteiger charge is -2.45. The van der Waals surface area contributed by atoms with Crippen LogP contribution in [0.5, 0.6) is 0 Å². The molecular weight excluding hydrogens is 643 g/mol. The van der Waals surface area contributed by atoms with Gasteiger partial charge in [0, 0.05) is 0 Å². The third kappa shape index (κ3) is 7.21. The molecule has 238 valence electrons. The summed E-state index contributed by atoms with van der Waals surface area (Å²) in [6.45, 7) is -0.945. The number of imidazole rings is 1. The van der Waals surface area contributed by atoms with Crippen LogP contribution in [0, 0.1) is 0 Å². The summed E-state index contributed by atoms with van der Waals surface area (Å²) in [7, 11) is -16.5. The molecule has 26 heteroatoms. The van der Waals surface area contributed by atoms with Gasteiger partial charge >= 0.3 is 23.5 Å². The molecule has 1 saturated carbocycles. The summed E-state index contributed by atoms with van der Waals surface area (Å²) in [5.41, 5.74) is 5.78. The molecule has 0 bridgehead atoms. The van der Waals surface area contributed by atoms with Gasteiger partial charge in [-0.05, 0) is 0 Å². The molecule has 0 aromatic carbocycles. The molecule has 0 radical (unpaired) electrons. The summed E-state index contributed by atoms with van der Waals surface area (Å²) in [5, 5.41) is 42.1. The first-order valence-corrected chi connectivity index (χ1v) is 16.0. The lowest BCUT2D eigenvalue weighted by molar-refractivity contribution is -0.247. The van der Waals surface area contributed by atoms with Crippen LogP contribution in [-0.4, -0.2) is 131 Å². The molecule has 0 amide bonds. The van der Waals surface area contributed by atoms with Crippen LogP contribution in [0.15, 0.2) is 12.7 Å². The standard InChI is InChI=1S/C16H26N5O18P3/c17-14-5-15(19-2-18-14)21(3-20-5)16-13(39-42(32,33)34)9(4(1-22)35-16)36-10-6(23)7(24)11(37-40(26,27)28)12(8(10)25)38-41(29,30)31/h2-4,6-13,16,22-25H,1H2,(H2,17,18,19)(H2,26,27,28)(H2,29,30,31)(H2,32,33,34)/t4-,6-,7+,8+,9-,10+,11-,12-,13-,16-/m1/s1. The van der Waals surface area contributed by atoms with E-state index in [0.29, 0.717) is 0 Å². The van der Waals surface area contributed by atoms with Crippen LogP contribution >= 0.6 is 23.5 Å². The highest BCUT2D eigenvalue weighted by Crippen LogP contribution is 2.49. The Labute approximate surface area is 233 Å². The molecular formula is C16H26N5O18P3. The van der Waals surface area contributed by atoms with Crippen molar-refractivity contribution in [2.45, 2.75) is 61.2 Å². The molecule has 2 aromatic rings. The zero-order chi connectivity index (χ0) is 31.4. The van der Waals surface area contributed by atoms with Gasteiger partial charge in [0.1, 0.15) is 66.8 Å². The van der Waals surface area contributed by atoms with E-state index in [2.05, 4.69) is 24.0 Å². The van der Waals surface area contributed by atoms with Crippen molar-refractivity contribution >= 4 is 40.4 Å². The Morgan fingerprint density at radius 2 is 1.31 bits per heavy atom. The third-order valence-corrected chi connectivity index (χ3v) is 7.79. The largest absolute Gasteiger partial charge is 0.470 e. The second-order valence-electron chi connectivity index (χ2n) is 9.05. The molecule has 2 fully saturated rings. The Morgan fingerprint density at radius 3 is 1.86 bits per heavy atom. The van der Waals surface area contributed by atoms with E-state index < -0.39 is 91.2 Å². The summed E-state index contributed by atoms with van der Waals surface area (Å²) in [5.74, 6) is -0.0821. The van der Waals surface area contributed by atoms with E-state index in [1.165, 1.54) is 0 Å². The highest BCUT2D eigenvalue weighted by molar-refractivity contribution is 7.46. The molecule has 1 aliphatic heterocycles. The fourth-order valence-electron chi connectivity index (χ4n) is 4.64. The van der Waals surface area contributed by atoms with Crippen LogP contribution in [0.3, 0.4) is 0 Å². The Balaban J connectivity index is 1.73. The molecule has 1 saturated heterocycles. The van der Waals surface area contributed by atoms with Gasteiger partial charge in [0.2, 0.25) is 0 Å². The fraction of sp³-hybridized carbons (Fsp3) is 0.688. The second-order valence-corrected chi connectivity index (χ2v) is 12.6. The first-order chi connectivity index (χ1) is 19.3. The van der Waals surface area contributed by atoms with Gasteiger partial charge in [0.25, 0.3) is 0 Å². The molecule has 23 nitrogen and oxygen atoms in total. The molecule has 12 N–H and O–H groups in total. The number of phosphoric ester groups is 3. The molecule has 4 rings (SSSR count). The predicted molar refractivity (Wildman–Crippen MR) is 128 cm³/mol. The fourth-order valence-corrected chi connectivity index (χ4v) is 6.31. The van der Waals surface area contributed by atoms with Crippen LogP contribution in [-0.2, 0) is 36.7 Å². The van der Waals surface area contributed by atoms with Crippen molar-refractivity contribution in [2.75, 3.05) is 12.3 Å². The molecule has 2 aliphatic rings. The summed E-state index contributed by atoms with van der Waals surface area (Å²) in [6, 6.07) is 0. The van der Waals surface area contributed by atoms with Crippen LogP contribution in [0.4, 0.5) is 5.82 Å². The summed E-state index contributed by atoms with van der Waals surface area (Å²) in [4.78, 5) is 67.8. The number of anilines is 1. The van der Waals surface area contributed by atoms with Crippen LogP contribution in [0.25, 0.3) is 11.2 Å². The average Bonchev–Trinajstić information content (AvgIpc) is 3.42. The minimum absolute atomic E-state index is 0.0233. The van der Waals surface area contributed by atoms with E-state index in [9.17, 15) is 53.7 Å². The monoisotopic (exact) mass is 669 g/mol. The molecule has 0 unspecified atom stereocenters. The highest BCUT2D eigenvalue weighted by Gasteiger charge is 2.58. The zero-order valence-corrected chi connectivity index (χ0v) is 23.3. The van der Waals surface area contributed by atoms with Crippen LogP contribution in [0.2, 0.25) is 0 Å². The smallest absolute Gasteiger partial charge is 0.394 e. The summed E-state index contributed by atoms with van der Waals surface area (Å²) in [6.07, 6.45) is -19.2. The van der Waals surface area contributed by atoms with E-state index in [0.717, 1.165) is 17.2 Å². The number of nitrogens with zero attached hydrogens (tertiary/aromatic N) is 4. The Hall–Kier alpha value is -1.56. The van der Waals surface area contributed by atoms with Gasteiger partial charge in [0.05, 0.1) is 12.9 Å². The Morgan fingerprint density at radius 1 is 0.786 bits per heavy atom. The first-order valence-electron chi connectivity index (χ1n) is 11.4. The minimum atomic E-state index is -5.58. The zero-order valence-electron chi connectivity index (χ0n) is 20.6. The lowest BCUT2D eigenvalue weighted by atomic mass is 9.84. The van der Waals surface area contributed by atoms with Crippen molar-refractivity contribution in [2.24, 2.45) is 0 Å². The maximum Gasteiger partial charge on any atom is 0.470 e. The molecule has 3 heterocycles. The number of ether oxygens (including phenoxy) is 2. The van der Waals surface area contributed by atoms with E-state index >= 15 is 0 Å². The van der Waals surface area contributed by atoms with Gasteiger partial charge < -0.3 is 65.0 Å². The maximum atomic E-state index is 11.9.